The molecule has 1 unspecified atom stereocenters. The first-order valence-electron chi connectivity index (χ1n) is 6.94. The van der Waals surface area contributed by atoms with Gasteiger partial charge in [-0.3, -0.25) is 4.90 Å². The summed E-state index contributed by atoms with van der Waals surface area (Å²) in [6, 6.07) is 3.65. The third kappa shape index (κ3) is 3.39. The molecule has 1 aromatic heterocycles. The summed E-state index contributed by atoms with van der Waals surface area (Å²) in [6.07, 6.45) is 2.53. The number of carbonyl (C=O) groups is 1. The Morgan fingerprint density at radius 1 is 1.50 bits per heavy atom. The predicted molar refractivity (Wildman–Crippen MR) is 78.7 cm³/mol. The average molecular weight is 278 g/mol. The van der Waals surface area contributed by atoms with Gasteiger partial charge in [-0.15, -0.1) is 0 Å². The molecule has 0 spiro atoms. The molecule has 1 atom stereocenters. The first-order valence-corrected chi connectivity index (χ1v) is 6.94. The number of esters is 1. The monoisotopic (exact) mass is 278 g/mol. The Bertz CT molecular complexity index is 472. The van der Waals surface area contributed by atoms with Gasteiger partial charge < -0.3 is 15.8 Å². The topological polar surface area (TPSA) is 80.5 Å². The van der Waals surface area contributed by atoms with Gasteiger partial charge in [0.2, 0.25) is 0 Å². The Balaban J connectivity index is 1.99. The summed E-state index contributed by atoms with van der Waals surface area (Å²) in [5.74, 6) is 0.0830. The van der Waals surface area contributed by atoms with Crippen molar-refractivity contribution in [3.05, 3.63) is 17.8 Å². The van der Waals surface area contributed by atoms with Crippen LogP contribution in [0.5, 0.6) is 0 Å². The predicted octanol–water partition coefficient (Wildman–Crippen LogP) is 1.35. The maximum atomic E-state index is 11.5. The fraction of sp³-hybridized carbons (Fsp3) is 0.571. The zero-order valence-electron chi connectivity index (χ0n) is 12.1. The lowest BCUT2D eigenvalue weighted by Crippen LogP contribution is -2.35. The number of rotatable bonds is 5. The number of methoxy groups -OCH3 is 1. The molecule has 0 radical (unpaired) electrons. The lowest BCUT2D eigenvalue weighted by molar-refractivity contribution is 0.0594. The number of carbonyl (C=O) groups excluding carboxylic acids is 1. The lowest BCUT2D eigenvalue weighted by Gasteiger charge is -2.24. The number of nitrogen functional groups attached to an aromatic ring is 1. The van der Waals surface area contributed by atoms with Gasteiger partial charge in [0.25, 0.3) is 0 Å². The number of pyridine rings is 1. The molecule has 1 saturated heterocycles. The second-order valence-corrected chi connectivity index (χ2v) is 5.10. The van der Waals surface area contributed by atoms with Crippen molar-refractivity contribution >= 4 is 17.5 Å². The van der Waals surface area contributed by atoms with Crippen LogP contribution < -0.4 is 11.1 Å². The number of nitrogens with two attached hydrogens (primary N) is 1. The van der Waals surface area contributed by atoms with Crippen molar-refractivity contribution < 1.29 is 9.53 Å². The van der Waals surface area contributed by atoms with Crippen molar-refractivity contribution in [3.8, 4) is 0 Å². The zero-order chi connectivity index (χ0) is 14.5. The van der Waals surface area contributed by atoms with Crippen molar-refractivity contribution in [3.63, 3.8) is 0 Å². The van der Waals surface area contributed by atoms with Crippen LogP contribution in [0.15, 0.2) is 12.1 Å². The number of ether oxygens (including phenoxy) is 1. The largest absolute Gasteiger partial charge is 0.464 e. The Morgan fingerprint density at radius 2 is 2.20 bits per heavy atom. The number of nitrogens with zero attached hydrogens (tertiary/aromatic N) is 2. The van der Waals surface area contributed by atoms with Crippen molar-refractivity contribution in [2.45, 2.75) is 25.8 Å². The number of hydrogen-bond acceptors (Lipinski definition) is 6. The van der Waals surface area contributed by atoms with E-state index in [1.807, 2.05) is 0 Å². The van der Waals surface area contributed by atoms with E-state index in [4.69, 9.17) is 5.73 Å². The number of hydrogen-bond donors (Lipinski definition) is 2. The molecule has 110 valence electrons. The highest BCUT2D eigenvalue weighted by Crippen LogP contribution is 2.17. The third-order valence-electron chi connectivity index (χ3n) is 3.65. The Labute approximate surface area is 119 Å². The van der Waals surface area contributed by atoms with Gasteiger partial charge in [-0.1, -0.05) is 0 Å². The van der Waals surface area contributed by atoms with E-state index in [2.05, 4.69) is 26.9 Å². The van der Waals surface area contributed by atoms with Gasteiger partial charge >= 0.3 is 5.97 Å². The van der Waals surface area contributed by atoms with Gasteiger partial charge in [0, 0.05) is 12.6 Å². The second-order valence-electron chi connectivity index (χ2n) is 5.10. The van der Waals surface area contributed by atoms with Gasteiger partial charge in [0.05, 0.1) is 12.8 Å². The lowest BCUT2D eigenvalue weighted by atomic mass is 10.2. The van der Waals surface area contributed by atoms with Gasteiger partial charge in [0.15, 0.2) is 5.69 Å². The van der Waals surface area contributed by atoms with E-state index in [-0.39, 0.29) is 5.69 Å². The number of aromatic nitrogens is 1. The summed E-state index contributed by atoms with van der Waals surface area (Å²) in [5, 5.41) is 3.22. The molecule has 6 heteroatoms. The summed E-state index contributed by atoms with van der Waals surface area (Å²) in [7, 11) is 1.34. The number of anilines is 2. The summed E-state index contributed by atoms with van der Waals surface area (Å²) in [5.41, 5.74) is 6.68. The molecule has 1 aliphatic rings. The average Bonchev–Trinajstić information content (AvgIpc) is 2.99. The maximum absolute atomic E-state index is 11.5. The normalized spacial score (nSPS) is 16.9. The molecule has 3 N–H and O–H groups in total. The molecule has 2 rings (SSSR count). The maximum Gasteiger partial charge on any atom is 0.356 e. The molecule has 0 aliphatic carbocycles. The molecular weight excluding hydrogens is 256 g/mol. The first-order chi connectivity index (χ1) is 9.61. The van der Waals surface area contributed by atoms with Crippen LogP contribution in [-0.2, 0) is 4.74 Å². The van der Waals surface area contributed by atoms with E-state index in [0.29, 0.717) is 17.5 Å². The number of likely N-dealkylation sites (tertiary alicyclic amines) is 1. The standard InChI is InChI=1S/C14H22N4O2/c1-10(18-7-3-4-8-18)9-16-13-11(15)5-6-12(17-13)14(19)20-2/h5-6,10H,3-4,7-9,15H2,1-2H3,(H,16,17). The van der Waals surface area contributed by atoms with Gasteiger partial charge in [-0.2, -0.15) is 0 Å². The minimum Gasteiger partial charge on any atom is -0.464 e. The van der Waals surface area contributed by atoms with Gasteiger partial charge in [0.1, 0.15) is 5.82 Å². The van der Waals surface area contributed by atoms with Crippen LogP contribution in [-0.4, -0.2) is 48.6 Å². The smallest absolute Gasteiger partial charge is 0.356 e. The highest BCUT2D eigenvalue weighted by atomic mass is 16.5. The van der Waals surface area contributed by atoms with Gasteiger partial charge in [-0.25, -0.2) is 9.78 Å². The fourth-order valence-corrected chi connectivity index (χ4v) is 2.39. The molecular formula is C14H22N4O2. The van der Waals surface area contributed by atoms with Crippen LogP contribution in [0, 0.1) is 0 Å². The molecule has 2 heterocycles. The molecule has 1 aromatic rings. The zero-order valence-corrected chi connectivity index (χ0v) is 12.1. The van der Waals surface area contributed by atoms with E-state index >= 15 is 0 Å². The van der Waals surface area contributed by atoms with E-state index < -0.39 is 5.97 Å². The molecule has 1 aliphatic heterocycles. The Hall–Kier alpha value is -1.82. The fourth-order valence-electron chi connectivity index (χ4n) is 2.39. The van der Waals surface area contributed by atoms with Crippen LogP contribution in [0.4, 0.5) is 11.5 Å². The minimum atomic E-state index is -0.458. The van der Waals surface area contributed by atoms with Crippen molar-refractivity contribution in [1.29, 1.82) is 0 Å². The molecule has 1 fully saturated rings. The third-order valence-corrected chi connectivity index (χ3v) is 3.65. The van der Waals surface area contributed by atoms with Crippen LogP contribution in [0.2, 0.25) is 0 Å². The van der Waals surface area contributed by atoms with E-state index in [1.165, 1.54) is 20.0 Å². The minimum absolute atomic E-state index is 0.262. The van der Waals surface area contributed by atoms with Crippen LogP contribution in [0.25, 0.3) is 0 Å². The summed E-state index contributed by atoms with van der Waals surface area (Å²) >= 11 is 0. The summed E-state index contributed by atoms with van der Waals surface area (Å²) in [6.45, 7) is 5.22. The molecule has 0 amide bonds. The van der Waals surface area contributed by atoms with Crippen LogP contribution in [0.3, 0.4) is 0 Å². The molecule has 6 nitrogen and oxygen atoms in total. The van der Waals surface area contributed by atoms with E-state index in [0.717, 1.165) is 19.6 Å². The van der Waals surface area contributed by atoms with Crippen molar-refractivity contribution in [1.82, 2.24) is 9.88 Å². The van der Waals surface area contributed by atoms with Gasteiger partial charge in [-0.05, 0) is 45.0 Å². The van der Waals surface area contributed by atoms with E-state index in [1.54, 1.807) is 12.1 Å². The Morgan fingerprint density at radius 3 is 2.85 bits per heavy atom. The summed E-state index contributed by atoms with van der Waals surface area (Å²) < 4.78 is 4.66. The molecule has 20 heavy (non-hydrogen) atoms. The van der Waals surface area contributed by atoms with Crippen molar-refractivity contribution in [2.75, 3.05) is 37.8 Å². The SMILES string of the molecule is COC(=O)c1ccc(N)c(NCC(C)N2CCCC2)n1. The van der Waals surface area contributed by atoms with Crippen molar-refractivity contribution in [2.24, 2.45) is 0 Å². The van der Waals surface area contributed by atoms with Crippen LogP contribution >= 0.6 is 0 Å². The molecule has 0 bridgehead atoms. The quantitative estimate of drug-likeness (QED) is 0.791. The van der Waals surface area contributed by atoms with Crippen LogP contribution in [0.1, 0.15) is 30.3 Å². The highest BCUT2D eigenvalue weighted by molar-refractivity contribution is 5.88. The highest BCUT2D eigenvalue weighted by Gasteiger charge is 2.18. The van der Waals surface area contributed by atoms with E-state index in [9.17, 15) is 4.79 Å². The summed E-state index contributed by atoms with van der Waals surface area (Å²) in [4.78, 5) is 18.1. The Kier molecular flexibility index (Phi) is 4.79. The first kappa shape index (κ1) is 14.6. The molecule has 0 aromatic carbocycles. The second kappa shape index (κ2) is 6.56. The molecule has 0 saturated carbocycles. The number of nitrogens with one attached hydrogen (secondary N) is 1.